The topological polar surface area (TPSA) is 60.9 Å². The number of carboxylic acids is 1. The van der Waals surface area contributed by atoms with Crippen LogP contribution in [0, 0.1) is 5.92 Å². The van der Waals surface area contributed by atoms with Gasteiger partial charge in [0.15, 0.2) is 0 Å². The second-order valence-corrected chi connectivity index (χ2v) is 6.60. The number of amides is 2. The molecule has 1 aromatic rings. The molecule has 0 bridgehead atoms. The lowest BCUT2D eigenvalue weighted by atomic mass is 10.0. The third-order valence-corrected chi connectivity index (χ3v) is 4.86. The largest absolute Gasteiger partial charge is 0.481 e. The highest BCUT2D eigenvalue weighted by Gasteiger charge is 2.28. The number of carbonyl (C=O) groups is 2. The number of likely N-dealkylation sites (tertiary alicyclic amines) is 1. The molecule has 1 atom stereocenters. The first-order chi connectivity index (χ1) is 10.1. The first-order valence-corrected chi connectivity index (χ1v) is 8.18. The maximum atomic E-state index is 12.3. The zero-order valence-corrected chi connectivity index (χ0v) is 13.1. The van der Waals surface area contributed by atoms with Crippen LogP contribution < -0.4 is 0 Å². The summed E-state index contributed by atoms with van der Waals surface area (Å²) in [5.74, 6) is -0.427. The SMILES string of the molecule is CN(CCc1cccs1)C(=O)N1CCC(CCC(=O)O)C1. The van der Waals surface area contributed by atoms with Crippen LogP contribution in [0.4, 0.5) is 4.79 Å². The Bertz CT molecular complexity index is 475. The fourth-order valence-corrected chi connectivity index (χ4v) is 3.34. The number of nitrogens with zero attached hydrogens (tertiary/aromatic N) is 2. The van der Waals surface area contributed by atoms with Gasteiger partial charge in [-0.15, -0.1) is 11.3 Å². The summed E-state index contributed by atoms with van der Waals surface area (Å²) >= 11 is 1.71. The Morgan fingerprint density at radius 3 is 3.00 bits per heavy atom. The van der Waals surface area contributed by atoms with Crippen LogP contribution >= 0.6 is 11.3 Å². The molecule has 0 spiro atoms. The van der Waals surface area contributed by atoms with Crippen LogP contribution in [0.3, 0.4) is 0 Å². The van der Waals surface area contributed by atoms with Gasteiger partial charge in [0.05, 0.1) is 0 Å². The van der Waals surface area contributed by atoms with E-state index in [4.69, 9.17) is 5.11 Å². The second kappa shape index (κ2) is 7.45. The minimum absolute atomic E-state index is 0.0596. The first-order valence-electron chi connectivity index (χ1n) is 7.30. The average molecular weight is 310 g/mol. The Hall–Kier alpha value is -1.56. The molecule has 1 aliphatic heterocycles. The highest BCUT2D eigenvalue weighted by atomic mass is 32.1. The molecule has 6 heteroatoms. The molecule has 1 saturated heterocycles. The summed E-state index contributed by atoms with van der Waals surface area (Å²) in [5, 5.41) is 10.8. The third-order valence-electron chi connectivity index (χ3n) is 3.92. The van der Waals surface area contributed by atoms with Gasteiger partial charge in [-0.05, 0) is 36.6 Å². The van der Waals surface area contributed by atoms with E-state index in [-0.39, 0.29) is 12.5 Å². The minimum Gasteiger partial charge on any atom is -0.481 e. The van der Waals surface area contributed by atoms with E-state index < -0.39 is 5.97 Å². The van der Waals surface area contributed by atoms with Crippen LogP contribution in [0.2, 0.25) is 0 Å². The van der Waals surface area contributed by atoms with Gasteiger partial charge in [-0.3, -0.25) is 4.79 Å². The van der Waals surface area contributed by atoms with Crippen molar-refractivity contribution in [2.24, 2.45) is 5.92 Å². The van der Waals surface area contributed by atoms with Gasteiger partial charge < -0.3 is 14.9 Å². The summed E-state index contributed by atoms with van der Waals surface area (Å²) in [5.41, 5.74) is 0. The van der Waals surface area contributed by atoms with Gasteiger partial charge in [0.1, 0.15) is 0 Å². The number of thiophene rings is 1. The summed E-state index contributed by atoms with van der Waals surface area (Å²) in [6.07, 6.45) is 2.66. The molecule has 0 aromatic carbocycles. The summed E-state index contributed by atoms with van der Waals surface area (Å²) in [6, 6.07) is 4.17. The quantitative estimate of drug-likeness (QED) is 0.878. The number of hydrogen-bond acceptors (Lipinski definition) is 3. The van der Waals surface area contributed by atoms with E-state index in [1.165, 1.54) is 4.88 Å². The lowest BCUT2D eigenvalue weighted by Crippen LogP contribution is -2.40. The van der Waals surface area contributed by atoms with Crippen LogP contribution in [0.25, 0.3) is 0 Å². The molecule has 0 radical (unpaired) electrons. The van der Waals surface area contributed by atoms with Crippen molar-refractivity contribution in [1.29, 1.82) is 0 Å². The predicted octanol–water partition coefficient (Wildman–Crippen LogP) is 2.53. The maximum absolute atomic E-state index is 12.3. The molecule has 1 aromatic heterocycles. The smallest absolute Gasteiger partial charge is 0.319 e. The average Bonchev–Trinajstić information content (AvgIpc) is 3.12. The van der Waals surface area contributed by atoms with Gasteiger partial charge >= 0.3 is 12.0 Å². The van der Waals surface area contributed by atoms with E-state index in [2.05, 4.69) is 6.07 Å². The molecular formula is C15H22N2O3S. The Labute approximate surface area is 129 Å². The molecule has 2 rings (SSSR count). The Morgan fingerprint density at radius 2 is 2.33 bits per heavy atom. The molecule has 21 heavy (non-hydrogen) atoms. The van der Waals surface area contributed by atoms with Crippen LogP contribution in [0.15, 0.2) is 17.5 Å². The predicted molar refractivity (Wildman–Crippen MR) is 82.6 cm³/mol. The lowest BCUT2D eigenvalue weighted by molar-refractivity contribution is -0.137. The standard InChI is InChI=1S/C15H22N2O3S/c1-16(8-7-13-3-2-10-21-13)15(20)17-9-6-12(11-17)4-5-14(18)19/h2-3,10,12H,4-9,11H2,1H3,(H,18,19). The molecule has 0 aliphatic carbocycles. The van der Waals surface area contributed by atoms with Gasteiger partial charge in [-0.25, -0.2) is 4.79 Å². The van der Waals surface area contributed by atoms with Gasteiger partial charge in [0, 0.05) is 38.0 Å². The first kappa shape index (κ1) is 15.8. The van der Waals surface area contributed by atoms with Gasteiger partial charge in [-0.2, -0.15) is 0 Å². The number of likely N-dealkylation sites (N-methyl/N-ethyl adjacent to an activating group) is 1. The number of aliphatic carboxylic acids is 1. The Kier molecular flexibility index (Phi) is 5.61. The van der Waals surface area contributed by atoms with Crippen LogP contribution in [-0.4, -0.2) is 53.6 Å². The fraction of sp³-hybridized carbons (Fsp3) is 0.600. The van der Waals surface area contributed by atoms with Crippen molar-refractivity contribution in [3.63, 3.8) is 0 Å². The summed E-state index contributed by atoms with van der Waals surface area (Å²) in [4.78, 5) is 27.8. The zero-order valence-electron chi connectivity index (χ0n) is 12.3. The van der Waals surface area contributed by atoms with E-state index in [1.807, 2.05) is 23.4 Å². The molecule has 5 nitrogen and oxygen atoms in total. The number of carboxylic acid groups (broad SMARTS) is 1. The molecule has 0 saturated carbocycles. The van der Waals surface area contributed by atoms with Gasteiger partial charge in [-0.1, -0.05) is 6.07 Å². The van der Waals surface area contributed by atoms with Crippen molar-refractivity contribution < 1.29 is 14.7 Å². The van der Waals surface area contributed by atoms with Crippen molar-refractivity contribution >= 4 is 23.3 Å². The molecule has 2 amide bonds. The maximum Gasteiger partial charge on any atom is 0.319 e. The normalized spacial score (nSPS) is 18.0. The van der Waals surface area contributed by atoms with Crippen LogP contribution in [-0.2, 0) is 11.2 Å². The monoisotopic (exact) mass is 310 g/mol. The highest BCUT2D eigenvalue weighted by molar-refractivity contribution is 7.09. The second-order valence-electron chi connectivity index (χ2n) is 5.57. The van der Waals surface area contributed by atoms with Crippen molar-refractivity contribution in [3.8, 4) is 0 Å². The molecule has 1 N–H and O–H groups in total. The zero-order chi connectivity index (χ0) is 15.2. The lowest BCUT2D eigenvalue weighted by Gasteiger charge is -2.24. The molecule has 1 aliphatic rings. The van der Waals surface area contributed by atoms with Crippen molar-refractivity contribution in [3.05, 3.63) is 22.4 Å². The third kappa shape index (κ3) is 4.74. The Morgan fingerprint density at radius 1 is 1.52 bits per heavy atom. The van der Waals surface area contributed by atoms with E-state index in [0.29, 0.717) is 18.9 Å². The van der Waals surface area contributed by atoms with E-state index in [0.717, 1.165) is 25.9 Å². The van der Waals surface area contributed by atoms with E-state index in [9.17, 15) is 9.59 Å². The summed E-state index contributed by atoms with van der Waals surface area (Å²) in [6.45, 7) is 2.15. The molecule has 116 valence electrons. The van der Waals surface area contributed by atoms with E-state index in [1.54, 1.807) is 16.2 Å². The van der Waals surface area contributed by atoms with Crippen LogP contribution in [0.1, 0.15) is 24.1 Å². The number of carbonyl (C=O) groups excluding carboxylic acids is 1. The summed E-state index contributed by atoms with van der Waals surface area (Å²) in [7, 11) is 1.83. The van der Waals surface area contributed by atoms with Gasteiger partial charge in [0.25, 0.3) is 0 Å². The molecule has 1 unspecified atom stereocenters. The number of hydrogen-bond donors (Lipinski definition) is 1. The molecule has 2 heterocycles. The number of urea groups is 1. The van der Waals surface area contributed by atoms with Gasteiger partial charge in [0.2, 0.25) is 0 Å². The van der Waals surface area contributed by atoms with Crippen LogP contribution in [0.5, 0.6) is 0 Å². The van der Waals surface area contributed by atoms with E-state index >= 15 is 0 Å². The molecule has 1 fully saturated rings. The minimum atomic E-state index is -0.757. The van der Waals surface area contributed by atoms with Crippen molar-refractivity contribution in [2.45, 2.75) is 25.7 Å². The summed E-state index contributed by atoms with van der Waals surface area (Å²) < 4.78 is 0. The molecular weight excluding hydrogens is 288 g/mol. The number of rotatable bonds is 6. The highest BCUT2D eigenvalue weighted by Crippen LogP contribution is 2.22. The fourth-order valence-electron chi connectivity index (χ4n) is 2.64. The van der Waals surface area contributed by atoms with Crippen molar-refractivity contribution in [2.75, 3.05) is 26.7 Å². The van der Waals surface area contributed by atoms with Crippen molar-refractivity contribution in [1.82, 2.24) is 9.80 Å². The Balaban J connectivity index is 1.74.